The van der Waals surface area contributed by atoms with Gasteiger partial charge in [-0.1, -0.05) is 6.07 Å². The summed E-state index contributed by atoms with van der Waals surface area (Å²) in [4.78, 5) is 31.7. The number of anilines is 1. The number of pyridine rings is 2. The van der Waals surface area contributed by atoms with E-state index >= 15 is 0 Å². The van der Waals surface area contributed by atoms with Crippen LogP contribution in [-0.2, 0) is 4.74 Å². The van der Waals surface area contributed by atoms with Crippen LogP contribution in [0.25, 0.3) is 0 Å². The topological polar surface area (TPSA) is 81.2 Å². The number of nitrogens with one attached hydrogen (secondary N) is 1. The summed E-state index contributed by atoms with van der Waals surface area (Å²) >= 11 is 0. The van der Waals surface area contributed by atoms with Crippen molar-refractivity contribution in [1.82, 2.24) is 9.97 Å². The number of hydrogen-bond donors (Lipinski definition) is 1. The number of ether oxygens (including phenoxy) is 1. The number of esters is 1. The molecule has 0 fully saturated rings. The zero-order valence-electron chi connectivity index (χ0n) is 10.9. The Morgan fingerprint density at radius 3 is 2.65 bits per heavy atom. The summed E-state index contributed by atoms with van der Waals surface area (Å²) in [6.45, 7) is 1.96. The first-order chi connectivity index (χ1) is 9.72. The van der Waals surface area contributed by atoms with Gasteiger partial charge < -0.3 is 10.1 Å². The highest BCUT2D eigenvalue weighted by Gasteiger charge is 2.16. The number of aromatic nitrogens is 2. The van der Waals surface area contributed by atoms with E-state index in [9.17, 15) is 9.59 Å². The Morgan fingerprint density at radius 2 is 1.95 bits per heavy atom. The second-order valence-electron chi connectivity index (χ2n) is 3.79. The van der Waals surface area contributed by atoms with Crippen molar-refractivity contribution in [1.29, 1.82) is 0 Å². The minimum absolute atomic E-state index is 0.154. The molecule has 6 heteroatoms. The average molecular weight is 271 g/mol. The Hall–Kier alpha value is -2.76. The van der Waals surface area contributed by atoms with Gasteiger partial charge in [0.25, 0.3) is 5.91 Å². The Kier molecular flexibility index (Phi) is 4.39. The third kappa shape index (κ3) is 3.17. The molecule has 0 unspecified atom stereocenters. The first-order valence-electron chi connectivity index (χ1n) is 6.07. The first-order valence-corrected chi connectivity index (χ1v) is 6.07. The van der Waals surface area contributed by atoms with E-state index in [2.05, 4.69) is 15.3 Å². The van der Waals surface area contributed by atoms with Crippen molar-refractivity contribution in [2.75, 3.05) is 11.9 Å². The molecule has 0 spiro atoms. The minimum Gasteiger partial charge on any atom is -0.462 e. The third-order valence-corrected chi connectivity index (χ3v) is 2.43. The van der Waals surface area contributed by atoms with E-state index in [4.69, 9.17) is 4.74 Å². The lowest BCUT2D eigenvalue weighted by Crippen LogP contribution is -2.18. The lowest BCUT2D eigenvalue weighted by molar-refractivity contribution is 0.0527. The van der Waals surface area contributed by atoms with Crippen LogP contribution in [0.15, 0.2) is 42.7 Å². The largest absolute Gasteiger partial charge is 0.462 e. The highest BCUT2D eigenvalue weighted by molar-refractivity contribution is 6.06. The van der Waals surface area contributed by atoms with Crippen LogP contribution >= 0.6 is 0 Å². The van der Waals surface area contributed by atoms with Crippen LogP contribution in [0.1, 0.15) is 27.8 Å². The van der Waals surface area contributed by atoms with Gasteiger partial charge in [-0.2, -0.15) is 0 Å². The molecule has 0 radical (unpaired) electrons. The molecule has 1 N–H and O–H groups in total. The lowest BCUT2D eigenvalue weighted by atomic mass is 10.2. The van der Waals surface area contributed by atoms with Crippen molar-refractivity contribution < 1.29 is 14.3 Å². The minimum atomic E-state index is -0.531. The highest BCUT2D eigenvalue weighted by Crippen LogP contribution is 2.13. The molecule has 20 heavy (non-hydrogen) atoms. The van der Waals surface area contributed by atoms with Crippen LogP contribution < -0.4 is 5.32 Å². The fraction of sp³-hybridized carbons (Fsp3) is 0.143. The Balaban J connectivity index is 2.21. The zero-order valence-corrected chi connectivity index (χ0v) is 10.9. The normalized spacial score (nSPS) is 9.85. The summed E-state index contributed by atoms with van der Waals surface area (Å²) in [5.41, 5.74) is 0.451. The van der Waals surface area contributed by atoms with Crippen molar-refractivity contribution in [3.63, 3.8) is 0 Å². The molecule has 0 saturated heterocycles. The summed E-state index contributed by atoms with van der Waals surface area (Å²) in [6.07, 6.45) is 3.00. The second-order valence-corrected chi connectivity index (χ2v) is 3.79. The van der Waals surface area contributed by atoms with Crippen LogP contribution in [0.3, 0.4) is 0 Å². The molecule has 0 atom stereocenters. The lowest BCUT2D eigenvalue weighted by Gasteiger charge is -2.08. The summed E-state index contributed by atoms with van der Waals surface area (Å²) < 4.78 is 4.91. The number of nitrogens with zero attached hydrogens (tertiary/aromatic N) is 2. The standard InChI is InChI=1S/C14H13N3O3/c1-2-20-14(19)10-6-5-9-16-12(10)17-13(18)11-7-3-4-8-15-11/h3-9H,2H2,1H3,(H,16,17,18). The van der Waals surface area contributed by atoms with Crippen LogP contribution in [0.4, 0.5) is 5.82 Å². The molecular formula is C14H13N3O3. The number of carbonyl (C=O) groups is 2. The Labute approximate surface area is 115 Å². The molecule has 2 heterocycles. The second kappa shape index (κ2) is 6.42. The highest BCUT2D eigenvalue weighted by atomic mass is 16.5. The number of rotatable bonds is 4. The van der Waals surface area contributed by atoms with E-state index in [1.54, 1.807) is 37.3 Å². The molecule has 0 aromatic carbocycles. The SMILES string of the molecule is CCOC(=O)c1cccnc1NC(=O)c1ccccn1. The van der Waals surface area contributed by atoms with Gasteiger partial charge in [0.05, 0.1) is 6.61 Å². The van der Waals surface area contributed by atoms with Crippen LogP contribution in [-0.4, -0.2) is 28.5 Å². The maximum absolute atomic E-state index is 12.0. The van der Waals surface area contributed by atoms with Gasteiger partial charge in [0, 0.05) is 12.4 Å². The molecule has 6 nitrogen and oxygen atoms in total. The molecule has 0 saturated carbocycles. The number of hydrogen-bond acceptors (Lipinski definition) is 5. The smallest absolute Gasteiger partial charge is 0.341 e. The molecule has 0 aliphatic rings. The van der Waals surface area contributed by atoms with Gasteiger partial charge in [0.15, 0.2) is 0 Å². The summed E-state index contributed by atoms with van der Waals surface area (Å²) in [6, 6.07) is 8.12. The number of amides is 1. The predicted molar refractivity (Wildman–Crippen MR) is 72.4 cm³/mol. The first kappa shape index (κ1) is 13.7. The van der Waals surface area contributed by atoms with Gasteiger partial charge >= 0.3 is 5.97 Å². The van der Waals surface area contributed by atoms with Gasteiger partial charge in [-0.05, 0) is 31.2 Å². The van der Waals surface area contributed by atoms with Gasteiger partial charge in [0.2, 0.25) is 0 Å². The van der Waals surface area contributed by atoms with Crippen LogP contribution in [0.5, 0.6) is 0 Å². The third-order valence-electron chi connectivity index (χ3n) is 2.43. The molecule has 0 aliphatic carbocycles. The molecule has 2 aromatic heterocycles. The molecule has 1 amide bonds. The van der Waals surface area contributed by atoms with Crippen molar-refractivity contribution in [2.45, 2.75) is 6.92 Å². The van der Waals surface area contributed by atoms with Gasteiger partial charge in [-0.3, -0.25) is 9.78 Å². The summed E-state index contributed by atoms with van der Waals surface area (Å²) in [5.74, 6) is -0.812. The molecule has 2 aromatic rings. The Morgan fingerprint density at radius 1 is 1.15 bits per heavy atom. The monoisotopic (exact) mass is 271 g/mol. The number of carbonyl (C=O) groups excluding carboxylic acids is 2. The van der Waals surface area contributed by atoms with Gasteiger partial charge in [-0.25, -0.2) is 9.78 Å². The molecule has 0 aliphatic heterocycles. The fourth-order valence-electron chi connectivity index (χ4n) is 1.55. The van der Waals surface area contributed by atoms with E-state index < -0.39 is 11.9 Å². The van der Waals surface area contributed by atoms with Crippen molar-refractivity contribution in [3.05, 3.63) is 54.0 Å². The maximum Gasteiger partial charge on any atom is 0.341 e. The maximum atomic E-state index is 12.0. The van der Waals surface area contributed by atoms with Crippen LogP contribution in [0.2, 0.25) is 0 Å². The molecule has 102 valence electrons. The van der Waals surface area contributed by atoms with Gasteiger partial charge in [-0.15, -0.1) is 0 Å². The predicted octanol–water partition coefficient (Wildman–Crippen LogP) is 1.91. The van der Waals surface area contributed by atoms with Crippen molar-refractivity contribution in [3.8, 4) is 0 Å². The van der Waals surface area contributed by atoms with Gasteiger partial charge in [0.1, 0.15) is 17.1 Å². The molecule has 2 rings (SSSR count). The quantitative estimate of drug-likeness (QED) is 0.859. The van der Waals surface area contributed by atoms with E-state index in [-0.39, 0.29) is 23.7 Å². The Bertz CT molecular complexity index is 614. The van der Waals surface area contributed by atoms with E-state index in [0.717, 1.165) is 0 Å². The molecule has 0 bridgehead atoms. The molecular weight excluding hydrogens is 258 g/mol. The van der Waals surface area contributed by atoms with E-state index in [1.165, 1.54) is 12.4 Å². The van der Waals surface area contributed by atoms with E-state index in [0.29, 0.717) is 0 Å². The van der Waals surface area contributed by atoms with Crippen molar-refractivity contribution in [2.24, 2.45) is 0 Å². The fourth-order valence-corrected chi connectivity index (χ4v) is 1.55. The summed E-state index contributed by atoms with van der Waals surface area (Å²) in [7, 11) is 0. The summed E-state index contributed by atoms with van der Waals surface area (Å²) in [5, 5.41) is 2.55. The average Bonchev–Trinajstić information content (AvgIpc) is 2.49. The van der Waals surface area contributed by atoms with Crippen molar-refractivity contribution >= 4 is 17.7 Å². The van der Waals surface area contributed by atoms with E-state index in [1.807, 2.05) is 0 Å². The zero-order chi connectivity index (χ0) is 14.4. The van der Waals surface area contributed by atoms with Crippen LogP contribution in [0, 0.1) is 0 Å².